The largest absolute Gasteiger partial charge is 0.387 e. The molecule has 162 valence electrons. The standard InChI is InChI=1S/C27H36BrNO/c1-4-6-10-16-29(17-11-7-5-2)20(3)27(30)22-15-14-21-19-26(28)24-13-9-8-12-23(24)25(21)18-22/h8-9,12-15,18-20,27,30H,4-7,10-11,16-17H2,1-3H3/t20-,27-/m1/s1. The van der Waals surface area contributed by atoms with E-state index in [4.69, 9.17) is 0 Å². The summed E-state index contributed by atoms with van der Waals surface area (Å²) in [6.07, 6.45) is 6.89. The molecule has 3 heteroatoms. The number of unbranched alkanes of at least 4 members (excludes halogenated alkanes) is 4. The Labute approximate surface area is 190 Å². The predicted molar refractivity (Wildman–Crippen MR) is 134 cm³/mol. The lowest BCUT2D eigenvalue weighted by atomic mass is 9.95. The Morgan fingerprint density at radius 1 is 0.833 bits per heavy atom. The summed E-state index contributed by atoms with van der Waals surface area (Å²) in [5, 5.41) is 16.2. The van der Waals surface area contributed by atoms with Gasteiger partial charge < -0.3 is 5.11 Å². The van der Waals surface area contributed by atoms with Gasteiger partial charge in [-0.1, -0.05) is 91.9 Å². The Balaban J connectivity index is 1.88. The van der Waals surface area contributed by atoms with Crippen LogP contribution in [0.1, 0.15) is 71.0 Å². The molecule has 0 aliphatic heterocycles. The molecular weight excluding hydrogens is 434 g/mol. The lowest BCUT2D eigenvalue weighted by molar-refractivity contribution is 0.0556. The van der Waals surface area contributed by atoms with E-state index in [0.717, 1.165) is 23.1 Å². The molecule has 1 N–H and O–H groups in total. The van der Waals surface area contributed by atoms with Crippen LogP contribution in [0.25, 0.3) is 21.5 Å². The second kappa shape index (κ2) is 11.3. The third kappa shape index (κ3) is 5.43. The van der Waals surface area contributed by atoms with Gasteiger partial charge in [0.25, 0.3) is 0 Å². The van der Waals surface area contributed by atoms with Gasteiger partial charge in [0.1, 0.15) is 0 Å². The van der Waals surface area contributed by atoms with Gasteiger partial charge in [-0.05, 0) is 72.1 Å². The van der Waals surface area contributed by atoms with E-state index in [1.54, 1.807) is 0 Å². The molecule has 0 fully saturated rings. The van der Waals surface area contributed by atoms with E-state index >= 15 is 0 Å². The zero-order valence-corrected chi connectivity index (χ0v) is 20.3. The summed E-state index contributed by atoms with van der Waals surface area (Å²) in [6, 6.07) is 17.2. The number of fused-ring (bicyclic) bond motifs is 3. The smallest absolute Gasteiger partial charge is 0.0942 e. The van der Waals surface area contributed by atoms with Crippen LogP contribution < -0.4 is 0 Å². The third-order valence-electron chi connectivity index (χ3n) is 6.31. The molecule has 3 aromatic rings. The molecule has 30 heavy (non-hydrogen) atoms. The molecular formula is C27H36BrNO. The number of nitrogens with zero attached hydrogens (tertiary/aromatic N) is 1. The van der Waals surface area contributed by atoms with Crippen LogP contribution >= 0.6 is 15.9 Å². The zero-order chi connectivity index (χ0) is 21.5. The summed E-state index contributed by atoms with van der Waals surface area (Å²) in [4.78, 5) is 2.50. The summed E-state index contributed by atoms with van der Waals surface area (Å²) in [7, 11) is 0. The lowest BCUT2D eigenvalue weighted by Crippen LogP contribution is -2.39. The van der Waals surface area contributed by atoms with E-state index in [1.165, 1.54) is 60.1 Å². The number of hydrogen-bond donors (Lipinski definition) is 1. The Bertz CT molecular complexity index is 944. The molecule has 3 aromatic carbocycles. The first-order valence-electron chi connectivity index (χ1n) is 11.6. The fourth-order valence-electron chi connectivity index (χ4n) is 4.38. The maximum atomic E-state index is 11.3. The van der Waals surface area contributed by atoms with Gasteiger partial charge in [0.15, 0.2) is 0 Å². The van der Waals surface area contributed by atoms with Crippen molar-refractivity contribution < 1.29 is 5.11 Å². The highest BCUT2D eigenvalue weighted by molar-refractivity contribution is 9.10. The van der Waals surface area contributed by atoms with E-state index in [9.17, 15) is 5.11 Å². The molecule has 0 saturated heterocycles. The highest BCUT2D eigenvalue weighted by Gasteiger charge is 2.23. The molecule has 0 aliphatic carbocycles. The molecule has 0 heterocycles. The molecule has 0 bridgehead atoms. The zero-order valence-electron chi connectivity index (χ0n) is 18.7. The normalized spacial score (nSPS) is 13.9. The van der Waals surface area contributed by atoms with Crippen molar-refractivity contribution in [2.24, 2.45) is 0 Å². The average molecular weight is 470 g/mol. The number of benzene rings is 3. The summed E-state index contributed by atoms with van der Waals surface area (Å²) < 4.78 is 1.12. The third-order valence-corrected chi connectivity index (χ3v) is 6.96. The Morgan fingerprint density at radius 3 is 2.10 bits per heavy atom. The van der Waals surface area contributed by atoms with Crippen molar-refractivity contribution in [3.05, 3.63) is 58.6 Å². The van der Waals surface area contributed by atoms with E-state index in [-0.39, 0.29) is 6.04 Å². The van der Waals surface area contributed by atoms with Crippen molar-refractivity contribution in [1.82, 2.24) is 4.90 Å². The molecule has 0 aromatic heterocycles. The van der Waals surface area contributed by atoms with Crippen LogP contribution in [0.5, 0.6) is 0 Å². The van der Waals surface area contributed by atoms with Crippen molar-refractivity contribution in [2.75, 3.05) is 13.1 Å². The Hall–Kier alpha value is -1.42. The maximum absolute atomic E-state index is 11.3. The Morgan fingerprint density at radius 2 is 1.47 bits per heavy atom. The van der Waals surface area contributed by atoms with Crippen molar-refractivity contribution in [3.63, 3.8) is 0 Å². The molecule has 0 amide bonds. The second-order valence-electron chi connectivity index (χ2n) is 8.52. The molecule has 2 nitrogen and oxygen atoms in total. The molecule has 0 spiro atoms. The first kappa shape index (κ1) is 23.2. The fraction of sp³-hybridized carbons (Fsp3) is 0.481. The van der Waals surface area contributed by atoms with Crippen LogP contribution in [-0.4, -0.2) is 29.1 Å². The van der Waals surface area contributed by atoms with Gasteiger partial charge >= 0.3 is 0 Å². The topological polar surface area (TPSA) is 23.5 Å². The van der Waals surface area contributed by atoms with Gasteiger partial charge in [-0.25, -0.2) is 0 Å². The summed E-state index contributed by atoms with van der Waals surface area (Å²) in [5.74, 6) is 0. The van der Waals surface area contributed by atoms with Crippen LogP contribution in [0.2, 0.25) is 0 Å². The lowest BCUT2D eigenvalue weighted by Gasteiger charge is -2.33. The van der Waals surface area contributed by atoms with Crippen molar-refractivity contribution in [2.45, 2.75) is 71.4 Å². The molecule has 0 unspecified atom stereocenters. The Kier molecular flexibility index (Phi) is 8.73. The minimum atomic E-state index is -0.486. The first-order chi connectivity index (χ1) is 14.6. The number of halogens is 1. The summed E-state index contributed by atoms with van der Waals surface area (Å²) in [6.45, 7) is 8.82. The summed E-state index contributed by atoms with van der Waals surface area (Å²) >= 11 is 3.71. The predicted octanol–water partition coefficient (Wildman–Crippen LogP) is 7.86. The van der Waals surface area contributed by atoms with Gasteiger partial charge in [0.05, 0.1) is 6.10 Å². The average Bonchev–Trinajstić information content (AvgIpc) is 2.77. The molecule has 0 aliphatic rings. The van der Waals surface area contributed by atoms with Gasteiger partial charge in [0.2, 0.25) is 0 Å². The second-order valence-corrected chi connectivity index (χ2v) is 9.37. The highest BCUT2D eigenvalue weighted by Crippen LogP contribution is 2.34. The van der Waals surface area contributed by atoms with Crippen LogP contribution in [0, 0.1) is 0 Å². The van der Waals surface area contributed by atoms with E-state index < -0.39 is 6.10 Å². The van der Waals surface area contributed by atoms with Crippen LogP contribution in [-0.2, 0) is 0 Å². The number of aliphatic hydroxyl groups is 1. The minimum absolute atomic E-state index is 0.109. The van der Waals surface area contributed by atoms with E-state index in [2.05, 4.69) is 90.1 Å². The number of rotatable bonds is 11. The van der Waals surface area contributed by atoms with Gasteiger partial charge in [-0.2, -0.15) is 0 Å². The molecule has 2 atom stereocenters. The van der Waals surface area contributed by atoms with Gasteiger partial charge in [-0.3, -0.25) is 4.90 Å². The van der Waals surface area contributed by atoms with Crippen LogP contribution in [0.4, 0.5) is 0 Å². The van der Waals surface area contributed by atoms with Crippen LogP contribution in [0.3, 0.4) is 0 Å². The number of hydrogen-bond acceptors (Lipinski definition) is 2. The van der Waals surface area contributed by atoms with Crippen molar-refractivity contribution in [1.29, 1.82) is 0 Å². The first-order valence-corrected chi connectivity index (χ1v) is 12.4. The molecule has 3 rings (SSSR count). The monoisotopic (exact) mass is 469 g/mol. The van der Waals surface area contributed by atoms with Crippen molar-refractivity contribution >= 4 is 37.5 Å². The molecule has 0 saturated carbocycles. The fourth-order valence-corrected chi connectivity index (χ4v) is 4.98. The van der Waals surface area contributed by atoms with Gasteiger partial charge in [-0.15, -0.1) is 0 Å². The SMILES string of the molecule is CCCCCN(CCCCC)[C@H](C)[C@@H](O)c1ccc2cc(Br)c3ccccc3c2c1. The summed E-state index contributed by atoms with van der Waals surface area (Å²) in [5.41, 5.74) is 1.01. The van der Waals surface area contributed by atoms with Crippen molar-refractivity contribution in [3.8, 4) is 0 Å². The highest BCUT2D eigenvalue weighted by atomic mass is 79.9. The van der Waals surface area contributed by atoms with E-state index in [0.29, 0.717) is 0 Å². The number of aliphatic hydroxyl groups excluding tert-OH is 1. The quantitative estimate of drug-likeness (QED) is 0.228. The van der Waals surface area contributed by atoms with Crippen LogP contribution in [0.15, 0.2) is 53.0 Å². The maximum Gasteiger partial charge on any atom is 0.0942 e. The van der Waals surface area contributed by atoms with E-state index in [1.807, 2.05) is 0 Å². The molecule has 0 radical (unpaired) electrons. The minimum Gasteiger partial charge on any atom is -0.387 e. The van der Waals surface area contributed by atoms with Gasteiger partial charge in [0, 0.05) is 10.5 Å².